The van der Waals surface area contributed by atoms with Crippen LogP contribution in [0.25, 0.3) is 16.9 Å². The van der Waals surface area contributed by atoms with E-state index >= 15 is 0 Å². The van der Waals surface area contributed by atoms with Crippen LogP contribution in [0.2, 0.25) is 0 Å². The highest BCUT2D eigenvalue weighted by Crippen LogP contribution is 2.34. The number of hydrogen-bond donors (Lipinski definition) is 4. The van der Waals surface area contributed by atoms with Gasteiger partial charge in [-0.15, -0.1) is 0 Å². The van der Waals surface area contributed by atoms with Crippen molar-refractivity contribution in [3.05, 3.63) is 41.9 Å². The molecule has 3 heterocycles. The third-order valence-electron chi connectivity index (χ3n) is 5.59. The summed E-state index contributed by atoms with van der Waals surface area (Å²) in [5.41, 5.74) is -0.0331. The summed E-state index contributed by atoms with van der Waals surface area (Å²) in [5.74, 6) is -0.0754. The van der Waals surface area contributed by atoms with Crippen molar-refractivity contribution in [1.82, 2.24) is 25.1 Å². The molecule has 3 aromatic heterocycles. The second-order valence-electron chi connectivity index (χ2n) is 8.65. The minimum atomic E-state index is -1.65. The number of amides is 1. The Morgan fingerprint density at radius 3 is 2.82 bits per heavy atom. The van der Waals surface area contributed by atoms with Crippen LogP contribution < -0.4 is 10.6 Å². The normalized spacial score (nSPS) is 18.5. The zero-order valence-corrected chi connectivity index (χ0v) is 18.2. The van der Waals surface area contributed by atoms with Crippen LogP contribution in [0.4, 0.5) is 10.1 Å². The Morgan fingerprint density at radius 1 is 1.36 bits per heavy atom. The van der Waals surface area contributed by atoms with Gasteiger partial charge in [-0.2, -0.15) is 15.0 Å². The van der Waals surface area contributed by atoms with Crippen molar-refractivity contribution in [2.45, 2.75) is 38.1 Å². The monoisotopic (exact) mass is 453 g/mol. The van der Waals surface area contributed by atoms with E-state index in [-0.39, 0.29) is 30.7 Å². The molecule has 4 rings (SSSR count). The molecule has 10 nitrogen and oxygen atoms in total. The van der Waals surface area contributed by atoms with Gasteiger partial charge < -0.3 is 20.8 Å². The topological polar surface area (TPSA) is 149 Å². The number of rotatable bonds is 8. The highest BCUT2D eigenvalue weighted by atomic mass is 19.1. The molecule has 0 unspecified atom stereocenters. The Labute approximate surface area is 189 Å². The van der Waals surface area contributed by atoms with E-state index in [0.29, 0.717) is 28.1 Å². The van der Waals surface area contributed by atoms with Gasteiger partial charge in [0.2, 0.25) is 0 Å². The van der Waals surface area contributed by atoms with Gasteiger partial charge >= 0.3 is 0 Å². The van der Waals surface area contributed by atoms with Gasteiger partial charge in [-0.3, -0.25) is 4.79 Å². The average Bonchev–Trinajstić information content (AvgIpc) is 3.41. The number of aromatic nitrogens is 4. The number of alkyl halides is 1. The molecule has 4 N–H and O–H groups in total. The van der Waals surface area contributed by atoms with E-state index in [4.69, 9.17) is 5.26 Å². The van der Waals surface area contributed by atoms with Crippen molar-refractivity contribution in [1.29, 1.82) is 5.26 Å². The van der Waals surface area contributed by atoms with E-state index < -0.39 is 17.7 Å². The number of fused-ring (bicyclic) bond motifs is 1. The second kappa shape index (κ2) is 8.73. The number of aliphatic hydroxyl groups is 2. The number of pyridine rings is 2. The van der Waals surface area contributed by atoms with Crippen LogP contribution in [0, 0.1) is 17.2 Å². The smallest absolute Gasteiger partial charge is 0.255 e. The Hall–Kier alpha value is -3.62. The number of carbonyl (C=O) groups excluding carboxylic acids is 1. The van der Waals surface area contributed by atoms with Crippen molar-refractivity contribution in [2.75, 3.05) is 18.5 Å². The minimum Gasteiger partial charge on any atom is -0.396 e. The number of nitrogens with zero attached hydrogens (tertiary/aromatic N) is 5. The fraction of sp³-hybridized carbons (Fsp3) is 0.409. The molecule has 3 atom stereocenters. The summed E-state index contributed by atoms with van der Waals surface area (Å²) < 4.78 is 15.6. The molecule has 1 aliphatic rings. The first-order valence-corrected chi connectivity index (χ1v) is 10.5. The Kier molecular flexibility index (Phi) is 5.97. The molecular formula is C22H24FN7O3. The summed E-state index contributed by atoms with van der Waals surface area (Å²) >= 11 is 0. The number of nitrogens with one attached hydrogen (secondary N) is 2. The van der Waals surface area contributed by atoms with Crippen molar-refractivity contribution in [2.24, 2.45) is 5.92 Å². The Morgan fingerprint density at radius 2 is 2.15 bits per heavy atom. The lowest BCUT2D eigenvalue weighted by molar-refractivity contribution is -0.00177. The Balaban J connectivity index is 1.64. The first-order valence-electron chi connectivity index (χ1n) is 10.5. The molecule has 11 heteroatoms. The Bertz CT molecular complexity index is 1230. The first-order chi connectivity index (χ1) is 15.7. The summed E-state index contributed by atoms with van der Waals surface area (Å²) in [4.78, 5) is 21.4. The van der Waals surface area contributed by atoms with Crippen LogP contribution in [0.15, 0.2) is 30.7 Å². The molecule has 1 amide bonds. The van der Waals surface area contributed by atoms with Crippen molar-refractivity contribution >= 4 is 22.6 Å². The molecule has 0 radical (unpaired) electrons. The predicted octanol–water partition coefficient (Wildman–Crippen LogP) is 1.32. The highest BCUT2D eigenvalue weighted by Gasteiger charge is 2.37. The number of anilines is 1. The lowest BCUT2D eigenvalue weighted by Crippen LogP contribution is -2.42. The SMILES string of the molecule is CC(C)(O)[C@H](F)CNC(=O)c1cnc(-n2ncc3cc(C#N)cnc32)cc1N[C@@H]1C[C@H]1CO. The molecule has 172 valence electrons. The van der Waals surface area contributed by atoms with Gasteiger partial charge in [-0.05, 0) is 26.3 Å². The number of carbonyl (C=O) groups is 1. The van der Waals surface area contributed by atoms with E-state index in [1.54, 1.807) is 18.3 Å². The number of nitriles is 1. The van der Waals surface area contributed by atoms with Gasteiger partial charge in [0.05, 0.1) is 35.2 Å². The molecule has 3 aromatic rings. The molecule has 1 saturated carbocycles. The zero-order valence-electron chi connectivity index (χ0n) is 18.2. The van der Waals surface area contributed by atoms with Crippen molar-refractivity contribution in [3.8, 4) is 11.9 Å². The molecule has 1 aliphatic carbocycles. The highest BCUT2D eigenvalue weighted by molar-refractivity contribution is 5.99. The van der Waals surface area contributed by atoms with Gasteiger partial charge in [0.15, 0.2) is 11.5 Å². The third-order valence-corrected chi connectivity index (χ3v) is 5.59. The fourth-order valence-electron chi connectivity index (χ4n) is 3.36. The summed E-state index contributed by atoms with van der Waals surface area (Å²) in [6, 6.07) is 5.33. The third kappa shape index (κ3) is 4.76. The van der Waals surface area contributed by atoms with Gasteiger partial charge in [0.25, 0.3) is 5.91 Å². The second-order valence-corrected chi connectivity index (χ2v) is 8.65. The van der Waals surface area contributed by atoms with Crippen LogP contribution in [-0.4, -0.2) is 66.8 Å². The standard InChI is InChI=1S/C22H24FN7O3/c1-22(2,33)18(23)10-27-21(32)15-9-25-19(5-17(15)29-16-4-14(16)11-31)30-20-13(8-28-30)3-12(6-24)7-26-20/h3,5,7-9,14,16,18,31,33H,4,10-11H2,1-2H3,(H,25,29)(H,27,32)/t14-,16+,18+/m0/s1. The maximum absolute atomic E-state index is 14.1. The molecule has 1 fully saturated rings. The molecule has 0 spiro atoms. The summed E-state index contributed by atoms with van der Waals surface area (Å²) in [7, 11) is 0. The largest absolute Gasteiger partial charge is 0.396 e. The lowest BCUT2D eigenvalue weighted by atomic mass is 10.0. The molecule has 0 saturated heterocycles. The van der Waals surface area contributed by atoms with Crippen LogP contribution in [0.1, 0.15) is 36.2 Å². The van der Waals surface area contributed by atoms with Crippen LogP contribution in [0.3, 0.4) is 0 Å². The number of hydrogen-bond acceptors (Lipinski definition) is 8. The number of aliphatic hydroxyl groups excluding tert-OH is 1. The maximum atomic E-state index is 14.1. The zero-order chi connectivity index (χ0) is 23.8. The molecule has 0 aliphatic heterocycles. The quantitative estimate of drug-likeness (QED) is 0.399. The fourth-order valence-corrected chi connectivity index (χ4v) is 3.36. The van der Waals surface area contributed by atoms with Gasteiger partial charge in [-0.1, -0.05) is 0 Å². The van der Waals surface area contributed by atoms with E-state index in [1.807, 2.05) is 6.07 Å². The maximum Gasteiger partial charge on any atom is 0.255 e. The molecule has 33 heavy (non-hydrogen) atoms. The lowest BCUT2D eigenvalue weighted by Gasteiger charge is -2.22. The van der Waals surface area contributed by atoms with Crippen molar-refractivity contribution in [3.63, 3.8) is 0 Å². The van der Waals surface area contributed by atoms with E-state index in [1.165, 1.54) is 30.9 Å². The summed E-state index contributed by atoms with van der Waals surface area (Å²) in [6.07, 6.45) is 3.47. The number of halogens is 1. The first kappa shape index (κ1) is 22.6. The molecular weight excluding hydrogens is 429 g/mol. The molecule has 0 bridgehead atoms. The molecule has 0 aromatic carbocycles. The predicted molar refractivity (Wildman–Crippen MR) is 118 cm³/mol. The van der Waals surface area contributed by atoms with Crippen LogP contribution in [0.5, 0.6) is 0 Å². The van der Waals surface area contributed by atoms with Gasteiger partial charge in [0.1, 0.15) is 12.2 Å². The van der Waals surface area contributed by atoms with Gasteiger partial charge in [0, 0.05) is 42.4 Å². The van der Waals surface area contributed by atoms with Gasteiger partial charge in [-0.25, -0.2) is 14.4 Å². The van der Waals surface area contributed by atoms with Crippen molar-refractivity contribution < 1.29 is 19.4 Å². The summed E-state index contributed by atoms with van der Waals surface area (Å²) in [5, 5.41) is 38.9. The van der Waals surface area contributed by atoms with E-state index in [2.05, 4.69) is 25.7 Å². The van der Waals surface area contributed by atoms with E-state index in [9.17, 15) is 19.4 Å². The van der Waals surface area contributed by atoms with Crippen LogP contribution >= 0.6 is 0 Å². The van der Waals surface area contributed by atoms with E-state index in [0.717, 1.165) is 6.42 Å². The average molecular weight is 453 g/mol. The minimum absolute atomic E-state index is 0.00669. The summed E-state index contributed by atoms with van der Waals surface area (Å²) in [6.45, 7) is 2.33. The van der Waals surface area contributed by atoms with Crippen LogP contribution in [-0.2, 0) is 0 Å².